The van der Waals surface area contributed by atoms with Crippen LogP contribution in [0, 0.1) is 0 Å². The molecule has 98 valence electrons. The van der Waals surface area contributed by atoms with E-state index in [2.05, 4.69) is 10.2 Å². The molecule has 1 fully saturated rings. The van der Waals surface area contributed by atoms with E-state index in [0.29, 0.717) is 13.2 Å². The standard InChI is InChI=1S/C14H20N2O2/c1-2-18-13-8-4-3-7-12(13)15-14(17)11-16-9-5-6-10-16/h3-4,7-8H,2,5-6,9-11H2,1H3,(H,15,17). The highest BCUT2D eigenvalue weighted by Gasteiger charge is 2.15. The van der Waals surface area contributed by atoms with Gasteiger partial charge in [0.05, 0.1) is 18.8 Å². The summed E-state index contributed by atoms with van der Waals surface area (Å²) in [5, 5.41) is 2.92. The molecular weight excluding hydrogens is 228 g/mol. The Labute approximate surface area is 108 Å². The lowest BCUT2D eigenvalue weighted by atomic mass is 10.3. The van der Waals surface area contributed by atoms with Crippen LogP contribution in [-0.2, 0) is 4.79 Å². The van der Waals surface area contributed by atoms with Crippen LogP contribution >= 0.6 is 0 Å². The van der Waals surface area contributed by atoms with E-state index in [1.807, 2.05) is 31.2 Å². The number of hydrogen-bond acceptors (Lipinski definition) is 3. The van der Waals surface area contributed by atoms with E-state index in [1.165, 1.54) is 12.8 Å². The zero-order valence-electron chi connectivity index (χ0n) is 10.8. The number of nitrogens with zero attached hydrogens (tertiary/aromatic N) is 1. The first-order chi connectivity index (χ1) is 8.79. The highest BCUT2D eigenvalue weighted by atomic mass is 16.5. The lowest BCUT2D eigenvalue weighted by Crippen LogP contribution is -2.31. The van der Waals surface area contributed by atoms with Gasteiger partial charge in [-0.15, -0.1) is 0 Å². The van der Waals surface area contributed by atoms with Crippen molar-refractivity contribution in [3.05, 3.63) is 24.3 Å². The van der Waals surface area contributed by atoms with Crippen molar-refractivity contribution < 1.29 is 9.53 Å². The zero-order chi connectivity index (χ0) is 12.8. The first-order valence-electron chi connectivity index (χ1n) is 6.53. The van der Waals surface area contributed by atoms with Crippen LogP contribution in [0.4, 0.5) is 5.69 Å². The SMILES string of the molecule is CCOc1ccccc1NC(=O)CN1CCCC1. The van der Waals surface area contributed by atoms with Crippen LogP contribution in [0.25, 0.3) is 0 Å². The van der Waals surface area contributed by atoms with Crippen LogP contribution in [0.5, 0.6) is 5.75 Å². The summed E-state index contributed by atoms with van der Waals surface area (Å²) in [6.45, 7) is 5.06. The molecule has 4 nitrogen and oxygen atoms in total. The first kappa shape index (κ1) is 12.9. The van der Waals surface area contributed by atoms with Gasteiger partial charge in [0.2, 0.25) is 5.91 Å². The normalized spacial score (nSPS) is 15.6. The molecular formula is C14H20N2O2. The fourth-order valence-electron chi connectivity index (χ4n) is 2.18. The molecule has 0 unspecified atom stereocenters. The molecule has 1 heterocycles. The van der Waals surface area contributed by atoms with Gasteiger partial charge in [-0.1, -0.05) is 12.1 Å². The van der Waals surface area contributed by atoms with E-state index in [4.69, 9.17) is 4.74 Å². The van der Waals surface area contributed by atoms with Crippen molar-refractivity contribution in [3.8, 4) is 5.75 Å². The number of benzene rings is 1. The lowest BCUT2D eigenvalue weighted by Gasteiger charge is -2.15. The molecule has 4 heteroatoms. The van der Waals surface area contributed by atoms with Crippen molar-refractivity contribution in [2.75, 3.05) is 31.6 Å². The Bertz CT molecular complexity index is 401. The lowest BCUT2D eigenvalue weighted by molar-refractivity contribution is -0.117. The summed E-state index contributed by atoms with van der Waals surface area (Å²) in [6.07, 6.45) is 2.39. The summed E-state index contributed by atoms with van der Waals surface area (Å²) < 4.78 is 5.48. The Balaban J connectivity index is 1.93. The van der Waals surface area contributed by atoms with Crippen molar-refractivity contribution in [1.29, 1.82) is 0 Å². The average molecular weight is 248 g/mol. The maximum Gasteiger partial charge on any atom is 0.238 e. The highest BCUT2D eigenvalue weighted by molar-refractivity contribution is 5.93. The Morgan fingerprint density at radius 1 is 1.33 bits per heavy atom. The molecule has 0 aromatic heterocycles. The van der Waals surface area contributed by atoms with Gasteiger partial charge < -0.3 is 10.1 Å². The predicted molar refractivity (Wildman–Crippen MR) is 71.9 cm³/mol. The number of para-hydroxylation sites is 2. The predicted octanol–water partition coefficient (Wildman–Crippen LogP) is 2.12. The van der Waals surface area contributed by atoms with Gasteiger partial charge in [0.25, 0.3) is 0 Å². The quantitative estimate of drug-likeness (QED) is 0.867. The number of nitrogens with one attached hydrogen (secondary N) is 1. The monoisotopic (exact) mass is 248 g/mol. The smallest absolute Gasteiger partial charge is 0.238 e. The number of carbonyl (C=O) groups excluding carboxylic acids is 1. The van der Waals surface area contributed by atoms with Gasteiger partial charge in [-0.05, 0) is 45.0 Å². The Morgan fingerprint density at radius 2 is 2.06 bits per heavy atom. The zero-order valence-corrected chi connectivity index (χ0v) is 10.8. The number of amides is 1. The van der Waals surface area contributed by atoms with Crippen LogP contribution in [0.1, 0.15) is 19.8 Å². The largest absolute Gasteiger partial charge is 0.492 e. The minimum Gasteiger partial charge on any atom is -0.492 e. The van der Waals surface area contributed by atoms with Crippen LogP contribution < -0.4 is 10.1 Å². The topological polar surface area (TPSA) is 41.6 Å². The van der Waals surface area contributed by atoms with Gasteiger partial charge in [0, 0.05) is 0 Å². The summed E-state index contributed by atoms with van der Waals surface area (Å²) in [5.74, 6) is 0.763. The molecule has 0 saturated carbocycles. The molecule has 0 spiro atoms. The van der Waals surface area contributed by atoms with Gasteiger partial charge in [0.15, 0.2) is 0 Å². The second-order valence-corrected chi connectivity index (χ2v) is 4.46. The fourth-order valence-corrected chi connectivity index (χ4v) is 2.18. The van der Waals surface area contributed by atoms with E-state index in [0.717, 1.165) is 24.5 Å². The third kappa shape index (κ3) is 3.47. The van der Waals surface area contributed by atoms with Gasteiger partial charge in [0.1, 0.15) is 5.75 Å². The maximum absolute atomic E-state index is 11.9. The van der Waals surface area contributed by atoms with Crippen molar-refractivity contribution in [2.24, 2.45) is 0 Å². The van der Waals surface area contributed by atoms with Crippen LogP contribution in [-0.4, -0.2) is 37.0 Å². The third-order valence-corrected chi connectivity index (χ3v) is 3.03. The summed E-state index contributed by atoms with van der Waals surface area (Å²) in [4.78, 5) is 14.1. The van der Waals surface area contributed by atoms with Crippen LogP contribution in [0.3, 0.4) is 0 Å². The highest BCUT2D eigenvalue weighted by Crippen LogP contribution is 2.23. The van der Waals surface area contributed by atoms with Crippen LogP contribution in [0.2, 0.25) is 0 Å². The number of ether oxygens (including phenoxy) is 1. The van der Waals surface area contributed by atoms with Crippen molar-refractivity contribution in [1.82, 2.24) is 4.90 Å². The maximum atomic E-state index is 11.9. The van der Waals surface area contributed by atoms with Crippen LogP contribution in [0.15, 0.2) is 24.3 Å². The van der Waals surface area contributed by atoms with E-state index >= 15 is 0 Å². The second-order valence-electron chi connectivity index (χ2n) is 4.46. The van der Waals surface area contributed by atoms with Gasteiger partial charge in [-0.3, -0.25) is 9.69 Å². The van der Waals surface area contributed by atoms with E-state index in [1.54, 1.807) is 0 Å². The molecule has 1 aliphatic heterocycles. The third-order valence-electron chi connectivity index (χ3n) is 3.03. The van der Waals surface area contributed by atoms with Gasteiger partial charge in [-0.25, -0.2) is 0 Å². The fraction of sp³-hybridized carbons (Fsp3) is 0.500. The minimum atomic E-state index is 0.0315. The Hall–Kier alpha value is -1.55. The van der Waals surface area contributed by atoms with E-state index in [9.17, 15) is 4.79 Å². The number of anilines is 1. The molecule has 1 aromatic carbocycles. The minimum absolute atomic E-state index is 0.0315. The molecule has 18 heavy (non-hydrogen) atoms. The number of carbonyl (C=O) groups is 1. The van der Waals surface area contributed by atoms with Crippen molar-refractivity contribution in [2.45, 2.75) is 19.8 Å². The molecule has 1 amide bonds. The summed E-state index contributed by atoms with van der Waals surface area (Å²) in [6, 6.07) is 7.54. The average Bonchev–Trinajstić information content (AvgIpc) is 2.84. The van der Waals surface area contributed by atoms with Crippen molar-refractivity contribution in [3.63, 3.8) is 0 Å². The number of hydrogen-bond donors (Lipinski definition) is 1. The first-order valence-corrected chi connectivity index (χ1v) is 6.53. The Morgan fingerprint density at radius 3 is 2.78 bits per heavy atom. The molecule has 0 bridgehead atoms. The van der Waals surface area contributed by atoms with Gasteiger partial charge in [-0.2, -0.15) is 0 Å². The molecule has 2 rings (SSSR count). The van der Waals surface area contributed by atoms with E-state index in [-0.39, 0.29) is 5.91 Å². The van der Waals surface area contributed by atoms with Gasteiger partial charge >= 0.3 is 0 Å². The summed E-state index contributed by atoms with van der Waals surface area (Å²) in [5.41, 5.74) is 0.753. The molecule has 1 aromatic rings. The summed E-state index contributed by atoms with van der Waals surface area (Å²) >= 11 is 0. The molecule has 1 saturated heterocycles. The summed E-state index contributed by atoms with van der Waals surface area (Å²) in [7, 11) is 0. The molecule has 0 atom stereocenters. The molecule has 1 N–H and O–H groups in total. The molecule has 1 aliphatic rings. The Kier molecular flexibility index (Phi) is 4.59. The molecule has 0 radical (unpaired) electrons. The second kappa shape index (κ2) is 6.40. The number of likely N-dealkylation sites (tertiary alicyclic amines) is 1. The molecule has 0 aliphatic carbocycles. The number of rotatable bonds is 5. The van der Waals surface area contributed by atoms with Crippen molar-refractivity contribution >= 4 is 11.6 Å². The van der Waals surface area contributed by atoms with E-state index < -0.39 is 0 Å².